The molecule has 0 saturated heterocycles. The van der Waals surface area contributed by atoms with Crippen LogP contribution >= 0.6 is 11.8 Å². The molecular weight excluding hydrogens is 268 g/mol. The second-order valence-electron chi connectivity index (χ2n) is 4.57. The number of ketones is 1. The second kappa shape index (κ2) is 7.15. The van der Waals surface area contributed by atoms with E-state index in [-0.39, 0.29) is 5.78 Å². The van der Waals surface area contributed by atoms with Gasteiger partial charge in [0.2, 0.25) is 0 Å². The van der Waals surface area contributed by atoms with Gasteiger partial charge in [-0.1, -0.05) is 36.4 Å². The molecule has 0 N–H and O–H groups in total. The number of thioether (sulfide) groups is 1. The molecule has 2 aromatic rings. The van der Waals surface area contributed by atoms with Gasteiger partial charge in [-0.2, -0.15) is 0 Å². The molecule has 0 atom stereocenters. The predicted molar refractivity (Wildman–Crippen MR) is 84.7 cm³/mol. The van der Waals surface area contributed by atoms with Crippen molar-refractivity contribution in [2.75, 3.05) is 12.9 Å². The summed E-state index contributed by atoms with van der Waals surface area (Å²) in [6.07, 6.45) is 0. The Balaban J connectivity index is 1.91. The van der Waals surface area contributed by atoms with Crippen molar-refractivity contribution >= 4 is 17.5 Å². The summed E-state index contributed by atoms with van der Waals surface area (Å²) in [7, 11) is 1.61. The van der Waals surface area contributed by atoms with Crippen LogP contribution in [0.25, 0.3) is 0 Å². The van der Waals surface area contributed by atoms with Gasteiger partial charge in [0.1, 0.15) is 5.75 Å². The first-order valence-corrected chi connectivity index (χ1v) is 7.65. The van der Waals surface area contributed by atoms with Crippen molar-refractivity contribution < 1.29 is 9.53 Å². The summed E-state index contributed by atoms with van der Waals surface area (Å²) in [6.45, 7) is 2.10. The molecule has 3 heteroatoms. The van der Waals surface area contributed by atoms with Crippen molar-refractivity contribution in [3.05, 3.63) is 65.2 Å². The number of methoxy groups -OCH3 is 1. The summed E-state index contributed by atoms with van der Waals surface area (Å²) in [5, 5.41) is 0. The first-order valence-electron chi connectivity index (χ1n) is 6.50. The van der Waals surface area contributed by atoms with Gasteiger partial charge in [-0.3, -0.25) is 4.79 Å². The molecule has 2 rings (SSSR count). The Morgan fingerprint density at radius 3 is 2.70 bits per heavy atom. The lowest BCUT2D eigenvalue weighted by molar-refractivity contribution is 0.102. The molecule has 0 unspecified atom stereocenters. The third-order valence-electron chi connectivity index (χ3n) is 3.14. The zero-order valence-corrected chi connectivity index (χ0v) is 12.6. The number of carbonyl (C=O) groups excluding carboxylic acids is 1. The highest BCUT2D eigenvalue weighted by Gasteiger charge is 2.07. The van der Waals surface area contributed by atoms with E-state index in [1.807, 2.05) is 30.3 Å². The van der Waals surface area contributed by atoms with Gasteiger partial charge in [-0.05, 0) is 30.2 Å². The minimum Gasteiger partial charge on any atom is -0.497 e. The number of Topliss-reactive ketones (excluding diaryl/α,β-unsaturated/α-hetero) is 1. The first kappa shape index (κ1) is 14.7. The highest BCUT2D eigenvalue weighted by molar-refractivity contribution is 7.99. The van der Waals surface area contributed by atoms with Gasteiger partial charge in [-0.25, -0.2) is 0 Å². The Hall–Kier alpha value is -1.74. The maximum absolute atomic E-state index is 12.1. The van der Waals surface area contributed by atoms with E-state index in [0.717, 1.165) is 11.5 Å². The summed E-state index contributed by atoms with van der Waals surface area (Å²) in [6, 6.07) is 15.6. The van der Waals surface area contributed by atoms with Crippen molar-refractivity contribution in [1.82, 2.24) is 0 Å². The largest absolute Gasteiger partial charge is 0.497 e. The fourth-order valence-electron chi connectivity index (χ4n) is 1.91. The Bertz CT molecular complexity index is 593. The number of aryl methyl sites for hydroxylation is 1. The fraction of sp³-hybridized carbons (Fsp3) is 0.235. The standard InChI is InChI=1S/C17H18O2S/c1-13-6-3-4-7-15(13)11-20-12-17(18)14-8-5-9-16(10-14)19-2/h3-10H,11-12H2,1-2H3. The van der Waals surface area contributed by atoms with E-state index in [2.05, 4.69) is 19.1 Å². The van der Waals surface area contributed by atoms with Gasteiger partial charge in [0.15, 0.2) is 5.78 Å². The minimum atomic E-state index is 0.141. The Labute approximate surface area is 124 Å². The smallest absolute Gasteiger partial charge is 0.172 e. The molecule has 0 aliphatic heterocycles. The highest BCUT2D eigenvalue weighted by Crippen LogP contribution is 2.19. The third-order valence-corrected chi connectivity index (χ3v) is 4.13. The normalized spacial score (nSPS) is 10.3. The number of hydrogen-bond acceptors (Lipinski definition) is 3. The summed E-state index contributed by atoms with van der Waals surface area (Å²) in [4.78, 5) is 12.1. The van der Waals surface area contributed by atoms with Crippen LogP contribution in [-0.2, 0) is 5.75 Å². The van der Waals surface area contributed by atoms with Crippen LogP contribution < -0.4 is 4.74 Å². The van der Waals surface area contributed by atoms with E-state index in [1.165, 1.54) is 11.1 Å². The van der Waals surface area contributed by atoms with Gasteiger partial charge in [-0.15, -0.1) is 11.8 Å². The van der Waals surface area contributed by atoms with Crippen LogP contribution in [0.5, 0.6) is 5.75 Å². The highest BCUT2D eigenvalue weighted by atomic mass is 32.2. The molecule has 0 aliphatic carbocycles. The molecule has 0 amide bonds. The quantitative estimate of drug-likeness (QED) is 0.747. The van der Waals surface area contributed by atoms with Crippen LogP contribution in [0, 0.1) is 6.92 Å². The van der Waals surface area contributed by atoms with Crippen molar-refractivity contribution in [2.45, 2.75) is 12.7 Å². The Kier molecular flexibility index (Phi) is 5.24. The molecule has 0 heterocycles. The lowest BCUT2D eigenvalue weighted by Gasteiger charge is -2.06. The maximum atomic E-state index is 12.1. The molecule has 0 aliphatic rings. The zero-order chi connectivity index (χ0) is 14.4. The molecule has 0 saturated carbocycles. The summed E-state index contributed by atoms with van der Waals surface area (Å²) >= 11 is 1.65. The average molecular weight is 286 g/mol. The van der Waals surface area contributed by atoms with Crippen LogP contribution in [0.4, 0.5) is 0 Å². The molecule has 0 bridgehead atoms. The van der Waals surface area contributed by atoms with Crippen LogP contribution in [0.2, 0.25) is 0 Å². The first-order chi connectivity index (χ1) is 9.70. The van der Waals surface area contributed by atoms with Gasteiger partial charge >= 0.3 is 0 Å². The van der Waals surface area contributed by atoms with Gasteiger partial charge in [0.25, 0.3) is 0 Å². The molecule has 104 valence electrons. The molecule has 0 aromatic heterocycles. The Morgan fingerprint density at radius 1 is 1.15 bits per heavy atom. The summed E-state index contributed by atoms with van der Waals surface area (Å²) < 4.78 is 5.14. The molecule has 20 heavy (non-hydrogen) atoms. The Morgan fingerprint density at radius 2 is 1.95 bits per heavy atom. The van der Waals surface area contributed by atoms with E-state index in [0.29, 0.717) is 11.3 Å². The predicted octanol–water partition coefficient (Wildman–Crippen LogP) is 4.12. The average Bonchev–Trinajstić information content (AvgIpc) is 2.49. The van der Waals surface area contributed by atoms with Crippen LogP contribution in [0.15, 0.2) is 48.5 Å². The molecule has 0 fully saturated rings. The fourth-order valence-corrected chi connectivity index (χ4v) is 2.90. The van der Waals surface area contributed by atoms with Crippen molar-refractivity contribution in [1.29, 1.82) is 0 Å². The number of carbonyl (C=O) groups is 1. The second-order valence-corrected chi connectivity index (χ2v) is 5.56. The maximum Gasteiger partial charge on any atom is 0.172 e. The van der Waals surface area contributed by atoms with Crippen LogP contribution in [0.3, 0.4) is 0 Å². The zero-order valence-electron chi connectivity index (χ0n) is 11.8. The van der Waals surface area contributed by atoms with Crippen molar-refractivity contribution in [3.63, 3.8) is 0 Å². The van der Waals surface area contributed by atoms with E-state index in [4.69, 9.17) is 4.74 Å². The van der Waals surface area contributed by atoms with E-state index in [1.54, 1.807) is 24.9 Å². The van der Waals surface area contributed by atoms with Gasteiger partial charge in [0.05, 0.1) is 12.9 Å². The van der Waals surface area contributed by atoms with Crippen molar-refractivity contribution in [2.24, 2.45) is 0 Å². The van der Waals surface area contributed by atoms with E-state index < -0.39 is 0 Å². The topological polar surface area (TPSA) is 26.3 Å². The number of rotatable bonds is 6. The SMILES string of the molecule is COc1cccc(C(=O)CSCc2ccccc2C)c1. The monoisotopic (exact) mass is 286 g/mol. The molecule has 2 aromatic carbocycles. The third kappa shape index (κ3) is 3.87. The van der Waals surface area contributed by atoms with Crippen molar-refractivity contribution in [3.8, 4) is 5.75 Å². The van der Waals surface area contributed by atoms with Gasteiger partial charge < -0.3 is 4.74 Å². The number of benzene rings is 2. The summed E-state index contributed by atoms with van der Waals surface area (Å²) in [5.41, 5.74) is 3.27. The number of hydrogen-bond donors (Lipinski definition) is 0. The van der Waals surface area contributed by atoms with E-state index in [9.17, 15) is 4.79 Å². The molecule has 0 radical (unpaired) electrons. The van der Waals surface area contributed by atoms with Gasteiger partial charge in [0, 0.05) is 11.3 Å². The lowest BCUT2D eigenvalue weighted by Crippen LogP contribution is -2.03. The lowest BCUT2D eigenvalue weighted by atomic mass is 10.1. The molecular formula is C17H18O2S. The minimum absolute atomic E-state index is 0.141. The van der Waals surface area contributed by atoms with Crippen LogP contribution in [-0.4, -0.2) is 18.6 Å². The molecule has 2 nitrogen and oxygen atoms in total. The van der Waals surface area contributed by atoms with Crippen LogP contribution in [0.1, 0.15) is 21.5 Å². The number of ether oxygens (including phenoxy) is 1. The van der Waals surface area contributed by atoms with E-state index >= 15 is 0 Å². The molecule has 0 spiro atoms. The summed E-state index contributed by atoms with van der Waals surface area (Å²) in [5.74, 6) is 2.21.